The first kappa shape index (κ1) is 19.9. The fourth-order valence-corrected chi connectivity index (χ4v) is 5.84. The summed E-state index contributed by atoms with van der Waals surface area (Å²) in [5.41, 5.74) is 2.72. The molecule has 152 valence electrons. The minimum Gasteiger partial charge on any atom is -0.298 e. The molecule has 1 aromatic heterocycles. The number of amides is 1. The number of benzene rings is 2. The maximum absolute atomic E-state index is 13.5. The van der Waals surface area contributed by atoms with Gasteiger partial charge in [-0.1, -0.05) is 66.9 Å². The number of thiophene rings is 1. The second-order valence-electron chi connectivity index (χ2n) is 8.02. The van der Waals surface area contributed by atoms with E-state index in [2.05, 4.69) is 12.1 Å². The van der Waals surface area contributed by atoms with Crippen LogP contribution in [0.4, 0.5) is 0 Å². The van der Waals surface area contributed by atoms with Gasteiger partial charge in [0.1, 0.15) is 11.5 Å². The molecule has 2 aliphatic rings. The van der Waals surface area contributed by atoms with Crippen LogP contribution < -0.4 is 0 Å². The van der Waals surface area contributed by atoms with Crippen molar-refractivity contribution in [1.29, 1.82) is 0 Å². The van der Waals surface area contributed by atoms with E-state index in [-0.39, 0.29) is 18.1 Å². The highest BCUT2D eigenvalue weighted by atomic mass is 35.5. The van der Waals surface area contributed by atoms with Crippen molar-refractivity contribution in [3.8, 4) is 0 Å². The topological polar surface area (TPSA) is 37.4 Å². The molecule has 5 rings (SSSR count). The number of carbonyl (C=O) groups is 2. The highest BCUT2D eigenvalue weighted by Gasteiger charge is 2.52. The molecular formula is C24H20ClNO2S2. The van der Waals surface area contributed by atoms with Crippen LogP contribution in [0, 0.1) is 0 Å². The van der Waals surface area contributed by atoms with Crippen LogP contribution in [0.3, 0.4) is 0 Å². The first-order valence-electron chi connectivity index (χ1n) is 9.95. The zero-order chi connectivity index (χ0) is 20.9. The van der Waals surface area contributed by atoms with Crippen LogP contribution in [-0.4, -0.2) is 16.0 Å². The van der Waals surface area contributed by atoms with Crippen molar-refractivity contribution >= 4 is 47.4 Å². The Hall–Kier alpha value is -2.08. The second kappa shape index (κ2) is 7.56. The molecule has 3 nitrogen and oxygen atoms in total. The summed E-state index contributed by atoms with van der Waals surface area (Å²) in [6.07, 6.45) is 2.60. The number of hydrogen-bond acceptors (Lipinski definition) is 4. The Balaban J connectivity index is 1.61. The summed E-state index contributed by atoms with van der Waals surface area (Å²) in [6, 6.07) is 17.3. The van der Waals surface area contributed by atoms with E-state index < -0.39 is 11.5 Å². The average Bonchev–Trinajstić information content (AvgIpc) is 3.46. The van der Waals surface area contributed by atoms with Crippen LogP contribution in [0.1, 0.15) is 53.4 Å². The average molecular weight is 454 g/mol. The summed E-state index contributed by atoms with van der Waals surface area (Å²) in [5, 5.41) is 4.38. The van der Waals surface area contributed by atoms with Gasteiger partial charge in [0.15, 0.2) is 5.78 Å². The maximum Gasteiger partial charge on any atom is 0.248 e. The van der Waals surface area contributed by atoms with Gasteiger partial charge in [0.05, 0.1) is 0 Å². The van der Waals surface area contributed by atoms with Crippen LogP contribution >= 0.6 is 35.8 Å². The second-order valence-corrected chi connectivity index (χ2v) is 9.60. The maximum atomic E-state index is 13.5. The monoisotopic (exact) mass is 453 g/mol. The van der Waals surface area contributed by atoms with Gasteiger partial charge in [-0.05, 0) is 63.9 Å². The Morgan fingerprint density at radius 3 is 2.37 bits per heavy atom. The summed E-state index contributed by atoms with van der Waals surface area (Å²) < 4.78 is 1.45. The molecule has 30 heavy (non-hydrogen) atoms. The summed E-state index contributed by atoms with van der Waals surface area (Å²) in [4.78, 5) is 27.0. The molecule has 1 aliphatic carbocycles. The standard InChI is InChI=1S/C24H20ClNO2S2/c25-20-4-2-1-3-19(20)22-21(27)13-24(26(29)23(22)28,18-11-12-30-14-18)17-9-7-16(8-10-17)15-5-6-15/h1-4,7-12,14-15,22,29H,5-6,13H2. The Kier molecular flexibility index (Phi) is 5.00. The Morgan fingerprint density at radius 2 is 1.73 bits per heavy atom. The number of thiol groups is 1. The van der Waals surface area contributed by atoms with Crippen molar-refractivity contribution in [2.45, 2.75) is 36.6 Å². The van der Waals surface area contributed by atoms with Gasteiger partial charge in [-0.3, -0.25) is 13.9 Å². The molecule has 6 heteroatoms. The molecule has 2 heterocycles. The SMILES string of the molecule is O=C1CC(c2ccc(C3CC3)cc2)(c2ccsc2)N(S)C(=O)C1c1ccccc1Cl. The molecule has 2 unspecified atom stereocenters. The molecule has 0 spiro atoms. The van der Waals surface area contributed by atoms with Gasteiger partial charge in [-0.15, -0.1) is 0 Å². The van der Waals surface area contributed by atoms with E-state index in [0.29, 0.717) is 16.5 Å². The smallest absolute Gasteiger partial charge is 0.248 e. The van der Waals surface area contributed by atoms with Crippen molar-refractivity contribution in [1.82, 2.24) is 4.31 Å². The van der Waals surface area contributed by atoms with Crippen LogP contribution in [0.5, 0.6) is 0 Å². The van der Waals surface area contributed by atoms with Crippen molar-refractivity contribution in [2.24, 2.45) is 0 Å². The number of rotatable bonds is 4. The van der Waals surface area contributed by atoms with E-state index in [4.69, 9.17) is 24.4 Å². The van der Waals surface area contributed by atoms with Crippen molar-refractivity contribution < 1.29 is 9.59 Å². The number of ketones is 1. The molecule has 0 radical (unpaired) electrons. The fraction of sp³-hybridized carbons (Fsp3) is 0.250. The number of halogens is 1. The lowest BCUT2D eigenvalue weighted by molar-refractivity contribution is -0.142. The highest BCUT2D eigenvalue weighted by molar-refractivity contribution is 7.78. The van der Waals surface area contributed by atoms with Crippen molar-refractivity contribution in [3.63, 3.8) is 0 Å². The Morgan fingerprint density at radius 1 is 1.00 bits per heavy atom. The molecule has 1 saturated carbocycles. The molecule has 1 aliphatic heterocycles. The lowest BCUT2D eigenvalue weighted by Gasteiger charge is -2.46. The Labute approximate surface area is 190 Å². The molecule has 1 saturated heterocycles. The number of nitrogens with zero attached hydrogens (tertiary/aromatic N) is 1. The normalized spacial score (nSPS) is 24.3. The lowest BCUT2D eigenvalue weighted by atomic mass is 9.73. The van der Waals surface area contributed by atoms with E-state index in [0.717, 1.165) is 11.1 Å². The lowest BCUT2D eigenvalue weighted by Crippen LogP contribution is -2.54. The van der Waals surface area contributed by atoms with E-state index in [1.165, 1.54) is 22.7 Å². The number of piperidine rings is 1. The summed E-state index contributed by atoms with van der Waals surface area (Å²) in [6.45, 7) is 0. The predicted octanol–water partition coefficient (Wildman–Crippen LogP) is 5.95. The summed E-state index contributed by atoms with van der Waals surface area (Å²) in [7, 11) is 0. The number of carbonyl (C=O) groups excluding carboxylic acids is 2. The highest BCUT2D eigenvalue weighted by Crippen LogP contribution is 2.49. The van der Waals surface area contributed by atoms with Gasteiger partial charge in [0.25, 0.3) is 0 Å². The van der Waals surface area contributed by atoms with Crippen molar-refractivity contribution in [2.75, 3.05) is 0 Å². The third-order valence-corrected chi connectivity index (χ3v) is 7.79. The van der Waals surface area contributed by atoms with Crippen LogP contribution in [-0.2, 0) is 15.1 Å². The molecule has 2 fully saturated rings. The molecule has 0 N–H and O–H groups in total. The molecule has 2 aromatic carbocycles. The van der Waals surface area contributed by atoms with Crippen LogP contribution in [0.15, 0.2) is 65.4 Å². The zero-order valence-electron chi connectivity index (χ0n) is 16.1. The van der Waals surface area contributed by atoms with E-state index in [1.807, 2.05) is 29.0 Å². The van der Waals surface area contributed by atoms with Crippen LogP contribution in [0.25, 0.3) is 0 Å². The third kappa shape index (κ3) is 3.11. The molecule has 2 atom stereocenters. The first-order valence-corrected chi connectivity index (χ1v) is 11.7. The minimum atomic E-state index is -0.936. The van der Waals surface area contributed by atoms with Crippen molar-refractivity contribution in [3.05, 3.63) is 92.6 Å². The quantitative estimate of drug-likeness (QED) is 0.391. The van der Waals surface area contributed by atoms with Gasteiger partial charge in [-0.2, -0.15) is 11.3 Å². The number of hydrogen-bond donors (Lipinski definition) is 1. The first-order chi connectivity index (χ1) is 14.5. The Bertz CT molecular complexity index is 1110. The fourth-order valence-electron chi connectivity index (χ4n) is 4.46. The predicted molar refractivity (Wildman–Crippen MR) is 123 cm³/mol. The molecule has 3 aromatic rings. The van der Waals surface area contributed by atoms with Gasteiger partial charge >= 0.3 is 0 Å². The van der Waals surface area contributed by atoms with Gasteiger partial charge in [0.2, 0.25) is 5.91 Å². The van der Waals surface area contributed by atoms with E-state index in [9.17, 15) is 9.59 Å². The molecule has 0 bridgehead atoms. The number of Topliss-reactive ketones (excluding diaryl/α,β-unsaturated/α-hetero) is 1. The molecular weight excluding hydrogens is 434 g/mol. The van der Waals surface area contributed by atoms with E-state index in [1.54, 1.807) is 35.6 Å². The third-order valence-electron chi connectivity index (χ3n) is 6.22. The van der Waals surface area contributed by atoms with Gasteiger partial charge < -0.3 is 0 Å². The largest absolute Gasteiger partial charge is 0.298 e. The van der Waals surface area contributed by atoms with Gasteiger partial charge in [0, 0.05) is 11.4 Å². The van der Waals surface area contributed by atoms with E-state index >= 15 is 0 Å². The van der Waals surface area contributed by atoms with Gasteiger partial charge in [-0.25, -0.2) is 0 Å². The minimum absolute atomic E-state index is 0.143. The summed E-state index contributed by atoms with van der Waals surface area (Å²) >= 11 is 12.6. The summed E-state index contributed by atoms with van der Waals surface area (Å²) in [5.74, 6) is -0.785. The van der Waals surface area contributed by atoms with Crippen LogP contribution in [0.2, 0.25) is 5.02 Å². The molecule has 1 amide bonds. The zero-order valence-corrected chi connectivity index (χ0v) is 18.6.